The van der Waals surface area contributed by atoms with Crippen LogP contribution in [-0.2, 0) is 11.2 Å². The van der Waals surface area contributed by atoms with E-state index in [1.165, 1.54) is 30.5 Å². The van der Waals surface area contributed by atoms with Crippen LogP contribution in [0, 0.1) is 11.3 Å². The van der Waals surface area contributed by atoms with E-state index < -0.39 is 0 Å². The van der Waals surface area contributed by atoms with Gasteiger partial charge in [-0.3, -0.25) is 4.79 Å². The number of piperidine rings is 1. The molecule has 1 unspecified atom stereocenters. The van der Waals surface area contributed by atoms with E-state index in [1.807, 2.05) is 18.2 Å². The van der Waals surface area contributed by atoms with Crippen molar-refractivity contribution in [3.05, 3.63) is 59.7 Å². The first-order chi connectivity index (χ1) is 15.2. The molecular weight excluding hydrogens is 386 g/mol. The Morgan fingerprint density at radius 3 is 2.58 bits per heavy atom. The maximum absolute atomic E-state index is 12.9. The molecule has 1 fully saturated rings. The molecular formula is C26H33N3O2. The molecule has 0 spiro atoms. The van der Waals surface area contributed by atoms with E-state index in [1.54, 1.807) is 12.1 Å². The molecule has 0 bridgehead atoms. The van der Waals surface area contributed by atoms with Gasteiger partial charge in [-0.15, -0.1) is 0 Å². The lowest BCUT2D eigenvalue weighted by Gasteiger charge is -2.33. The summed E-state index contributed by atoms with van der Waals surface area (Å²) < 4.78 is 5.29. The van der Waals surface area contributed by atoms with Crippen molar-refractivity contribution in [1.29, 1.82) is 5.26 Å². The Balaban J connectivity index is 1.70. The molecule has 0 aromatic heterocycles. The Labute approximate surface area is 186 Å². The van der Waals surface area contributed by atoms with Crippen LogP contribution in [0.2, 0.25) is 0 Å². The van der Waals surface area contributed by atoms with Gasteiger partial charge in [0, 0.05) is 18.8 Å². The summed E-state index contributed by atoms with van der Waals surface area (Å²) in [6.07, 6.45) is 7.20. The molecule has 5 nitrogen and oxygen atoms in total. The lowest BCUT2D eigenvalue weighted by Crippen LogP contribution is -2.34. The number of nitrogens with zero attached hydrogens (tertiary/aromatic N) is 2. The second-order valence-corrected chi connectivity index (χ2v) is 8.14. The van der Waals surface area contributed by atoms with Crippen LogP contribution in [0.25, 0.3) is 0 Å². The van der Waals surface area contributed by atoms with Crippen molar-refractivity contribution in [2.45, 2.75) is 57.9 Å². The van der Waals surface area contributed by atoms with Gasteiger partial charge in [0.05, 0.1) is 12.5 Å². The number of rotatable bonds is 10. The number of nitrogens with one attached hydrogen (secondary N) is 1. The Kier molecular flexibility index (Phi) is 8.78. The van der Waals surface area contributed by atoms with E-state index in [2.05, 4.69) is 41.4 Å². The van der Waals surface area contributed by atoms with Gasteiger partial charge < -0.3 is 15.0 Å². The van der Waals surface area contributed by atoms with Gasteiger partial charge in [-0.1, -0.05) is 50.1 Å². The second-order valence-electron chi connectivity index (χ2n) is 8.14. The van der Waals surface area contributed by atoms with Crippen LogP contribution in [0.4, 0.5) is 5.69 Å². The van der Waals surface area contributed by atoms with Crippen molar-refractivity contribution >= 4 is 11.6 Å². The summed E-state index contributed by atoms with van der Waals surface area (Å²) in [4.78, 5) is 15.4. The zero-order chi connectivity index (χ0) is 21.9. The second kappa shape index (κ2) is 12.0. The number of anilines is 1. The van der Waals surface area contributed by atoms with Gasteiger partial charge in [0.15, 0.2) is 6.61 Å². The summed E-state index contributed by atoms with van der Waals surface area (Å²) in [7, 11) is 0. The van der Waals surface area contributed by atoms with Crippen molar-refractivity contribution < 1.29 is 9.53 Å². The largest absolute Gasteiger partial charge is 0.479 e. The zero-order valence-electron chi connectivity index (χ0n) is 18.5. The molecule has 31 heavy (non-hydrogen) atoms. The Morgan fingerprint density at radius 1 is 1.13 bits per heavy atom. The molecule has 2 aromatic carbocycles. The molecule has 2 aromatic rings. The molecule has 0 radical (unpaired) electrons. The maximum atomic E-state index is 12.9. The van der Waals surface area contributed by atoms with Crippen LogP contribution in [-0.4, -0.2) is 25.6 Å². The fraction of sp³-hybridized carbons (Fsp3) is 0.462. The number of para-hydroxylation sites is 1. The topological polar surface area (TPSA) is 65.4 Å². The van der Waals surface area contributed by atoms with Crippen LogP contribution in [0.3, 0.4) is 0 Å². The Hall–Kier alpha value is -3.00. The maximum Gasteiger partial charge on any atom is 0.224 e. The highest BCUT2D eigenvalue weighted by Crippen LogP contribution is 2.31. The van der Waals surface area contributed by atoms with Crippen molar-refractivity contribution in [3.63, 3.8) is 0 Å². The van der Waals surface area contributed by atoms with Gasteiger partial charge in [0.1, 0.15) is 11.8 Å². The average Bonchev–Trinajstić information content (AvgIpc) is 2.82. The molecule has 1 saturated heterocycles. The lowest BCUT2D eigenvalue weighted by atomic mass is 9.97. The average molecular weight is 420 g/mol. The summed E-state index contributed by atoms with van der Waals surface area (Å²) in [6.45, 7) is 4.39. The minimum atomic E-state index is 0.0174. The molecule has 0 aliphatic carbocycles. The monoisotopic (exact) mass is 419 g/mol. The highest BCUT2D eigenvalue weighted by molar-refractivity contribution is 5.79. The van der Waals surface area contributed by atoms with Crippen LogP contribution in [0.1, 0.15) is 62.6 Å². The van der Waals surface area contributed by atoms with E-state index in [0.717, 1.165) is 37.9 Å². The van der Waals surface area contributed by atoms with E-state index in [4.69, 9.17) is 10.00 Å². The number of hydrogen-bond donors (Lipinski definition) is 1. The molecule has 1 aliphatic rings. The smallest absolute Gasteiger partial charge is 0.224 e. The molecule has 1 heterocycles. The van der Waals surface area contributed by atoms with Gasteiger partial charge in [0.25, 0.3) is 0 Å². The summed E-state index contributed by atoms with van der Waals surface area (Å²) in [6, 6.07) is 17.9. The quantitative estimate of drug-likeness (QED) is 0.577. The molecule has 0 saturated carbocycles. The van der Waals surface area contributed by atoms with Crippen LogP contribution >= 0.6 is 0 Å². The van der Waals surface area contributed by atoms with Crippen molar-refractivity contribution in [2.24, 2.45) is 0 Å². The molecule has 1 aliphatic heterocycles. The van der Waals surface area contributed by atoms with Crippen LogP contribution in [0.5, 0.6) is 5.75 Å². The molecule has 164 valence electrons. The van der Waals surface area contributed by atoms with Crippen molar-refractivity contribution in [2.75, 3.05) is 24.6 Å². The summed E-state index contributed by atoms with van der Waals surface area (Å²) >= 11 is 0. The van der Waals surface area contributed by atoms with E-state index >= 15 is 0 Å². The Bertz CT molecular complexity index is 867. The standard InChI is InChI=1S/C26H33N3O2/c1-2-3-10-24(23-9-5-6-11-25(23)29-17-7-4-8-18-29)28-26(30)20-21-12-14-22(15-13-21)31-19-16-27/h5-6,9,11-15,24H,2-4,7-8,10,17-20H2,1H3,(H,28,30). The molecule has 1 N–H and O–H groups in total. The van der Waals surface area contributed by atoms with E-state index in [9.17, 15) is 4.79 Å². The number of unbranched alkanes of at least 4 members (excludes halogenated alkanes) is 1. The number of carbonyl (C=O) groups is 1. The third kappa shape index (κ3) is 6.75. The first-order valence-electron chi connectivity index (χ1n) is 11.4. The van der Waals surface area contributed by atoms with Gasteiger partial charge in [-0.05, 0) is 55.0 Å². The lowest BCUT2D eigenvalue weighted by molar-refractivity contribution is -0.121. The van der Waals surface area contributed by atoms with Gasteiger partial charge in [-0.25, -0.2) is 0 Å². The number of nitriles is 1. The molecule has 5 heteroatoms. The van der Waals surface area contributed by atoms with Crippen LogP contribution in [0.15, 0.2) is 48.5 Å². The van der Waals surface area contributed by atoms with Gasteiger partial charge in [0.2, 0.25) is 5.91 Å². The van der Waals surface area contributed by atoms with Gasteiger partial charge >= 0.3 is 0 Å². The summed E-state index contributed by atoms with van der Waals surface area (Å²) in [5.74, 6) is 0.669. The minimum absolute atomic E-state index is 0.0174. The third-order valence-electron chi connectivity index (χ3n) is 5.78. The highest BCUT2D eigenvalue weighted by Gasteiger charge is 2.21. The Morgan fingerprint density at radius 2 is 1.87 bits per heavy atom. The summed E-state index contributed by atoms with van der Waals surface area (Å²) in [5.41, 5.74) is 3.43. The minimum Gasteiger partial charge on any atom is -0.479 e. The zero-order valence-corrected chi connectivity index (χ0v) is 18.5. The molecule has 1 amide bonds. The normalized spacial score (nSPS) is 14.5. The molecule has 3 rings (SSSR count). The number of amides is 1. The molecule has 1 atom stereocenters. The highest BCUT2D eigenvalue weighted by atomic mass is 16.5. The first-order valence-corrected chi connectivity index (χ1v) is 11.4. The van der Waals surface area contributed by atoms with Crippen LogP contribution < -0.4 is 15.0 Å². The summed E-state index contributed by atoms with van der Waals surface area (Å²) in [5, 5.41) is 11.9. The predicted molar refractivity (Wildman–Crippen MR) is 124 cm³/mol. The van der Waals surface area contributed by atoms with Crippen molar-refractivity contribution in [3.8, 4) is 11.8 Å². The predicted octanol–water partition coefficient (Wildman–Crippen LogP) is 5.17. The number of carbonyl (C=O) groups excluding carboxylic acids is 1. The van der Waals surface area contributed by atoms with Gasteiger partial charge in [-0.2, -0.15) is 5.26 Å². The third-order valence-corrected chi connectivity index (χ3v) is 5.78. The number of ether oxygens (including phenoxy) is 1. The fourth-order valence-electron chi connectivity index (χ4n) is 4.17. The van der Waals surface area contributed by atoms with Crippen molar-refractivity contribution in [1.82, 2.24) is 5.32 Å². The van der Waals surface area contributed by atoms with E-state index in [-0.39, 0.29) is 18.6 Å². The van der Waals surface area contributed by atoms with E-state index in [0.29, 0.717) is 12.2 Å². The SMILES string of the molecule is CCCCC(NC(=O)Cc1ccc(OCC#N)cc1)c1ccccc1N1CCCCC1. The first kappa shape index (κ1) is 22.7. The number of benzene rings is 2. The number of hydrogen-bond acceptors (Lipinski definition) is 4. The fourth-order valence-corrected chi connectivity index (χ4v) is 4.17.